The summed E-state index contributed by atoms with van der Waals surface area (Å²) in [4.78, 5) is 24.6. The Morgan fingerprint density at radius 1 is 1.30 bits per heavy atom. The van der Waals surface area contributed by atoms with Crippen molar-refractivity contribution in [1.82, 2.24) is 9.55 Å². The molecule has 104 valence electrons. The Bertz CT molecular complexity index is 726. The molecule has 20 heavy (non-hydrogen) atoms. The highest BCUT2D eigenvalue weighted by Gasteiger charge is 2.20. The van der Waals surface area contributed by atoms with Gasteiger partial charge in [-0.25, -0.2) is 4.79 Å². The van der Waals surface area contributed by atoms with Crippen LogP contribution in [0, 0.1) is 5.82 Å². The quantitative estimate of drug-likeness (QED) is 0.836. The highest BCUT2D eigenvalue weighted by atomic mass is 19.1. The number of nitrogens with one attached hydrogen (secondary N) is 1. The lowest BCUT2D eigenvalue weighted by molar-refractivity contribution is -0.0295. The fraction of sp³-hybridized carbons (Fsp3) is 0.231. The molecule has 2 heterocycles. The van der Waals surface area contributed by atoms with Gasteiger partial charge in [-0.05, 0) is 6.07 Å². The van der Waals surface area contributed by atoms with E-state index in [1.807, 2.05) is 23.2 Å². The molecular weight excluding hydrogens is 267 g/mol. The van der Waals surface area contributed by atoms with E-state index in [0.29, 0.717) is 5.75 Å². The van der Waals surface area contributed by atoms with Crippen LogP contribution in [0.15, 0.2) is 40.1 Å². The van der Waals surface area contributed by atoms with Crippen molar-refractivity contribution < 1.29 is 13.9 Å². The molecule has 0 amide bonds. The maximum absolute atomic E-state index is 13.3. The van der Waals surface area contributed by atoms with E-state index in [2.05, 4.69) is 0 Å². The summed E-state index contributed by atoms with van der Waals surface area (Å²) in [6.07, 6.45) is 0.0202. The number of aromatic nitrogens is 2. The second-order valence-electron chi connectivity index (χ2n) is 4.33. The molecule has 1 atom stereocenters. The monoisotopic (exact) mass is 278 g/mol. The summed E-state index contributed by atoms with van der Waals surface area (Å²) in [5, 5.41) is 0. The zero-order valence-corrected chi connectivity index (χ0v) is 10.3. The van der Waals surface area contributed by atoms with Crippen molar-refractivity contribution in [1.29, 1.82) is 0 Å². The third-order valence-corrected chi connectivity index (χ3v) is 3.02. The minimum atomic E-state index is -1.05. The minimum Gasteiger partial charge on any atom is -0.488 e. The average molecular weight is 278 g/mol. The molecule has 0 saturated heterocycles. The van der Waals surface area contributed by atoms with Crippen LogP contribution in [-0.2, 0) is 11.3 Å². The fourth-order valence-electron chi connectivity index (χ4n) is 1.99. The summed E-state index contributed by atoms with van der Waals surface area (Å²) in [6.45, 7) is 0.274. The highest BCUT2D eigenvalue weighted by Crippen LogP contribution is 2.25. The topological polar surface area (TPSA) is 73.3 Å². The molecule has 0 radical (unpaired) electrons. The molecule has 1 N–H and O–H groups in total. The molecule has 2 aromatic rings. The third kappa shape index (κ3) is 2.23. The van der Waals surface area contributed by atoms with Crippen LogP contribution in [0.2, 0.25) is 0 Å². The van der Waals surface area contributed by atoms with Crippen molar-refractivity contribution >= 4 is 0 Å². The van der Waals surface area contributed by atoms with Gasteiger partial charge in [-0.15, -0.1) is 0 Å². The average Bonchev–Trinajstić information content (AvgIpc) is 2.65. The SMILES string of the molecule is O=c1[nH]c(=O)n(C2COc3ccccc3CO2)cc1F. The van der Waals surface area contributed by atoms with E-state index < -0.39 is 23.3 Å². The van der Waals surface area contributed by atoms with E-state index in [1.165, 1.54) is 0 Å². The van der Waals surface area contributed by atoms with Crippen LogP contribution in [0.4, 0.5) is 4.39 Å². The Morgan fingerprint density at radius 2 is 2.10 bits per heavy atom. The molecule has 1 unspecified atom stereocenters. The number of hydrogen-bond acceptors (Lipinski definition) is 4. The van der Waals surface area contributed by atoms with Gasteiger partial charge in [0.2, 0.25) is 5.82 Å². The number of halogens is 1. The van der Waals surface area contributed by atoms with Crippen molar-refractivity contribution in [2.24, 2.45) is 0 Å². The van der Waals surface area contributed by atoms with E-state index in [9.17, 15) is 14.0 Å². The first-order valence-electron chi connectivity index (χ1n) is 5.98. The van der Waals surface area contributed by atoms with E-state index in [1.54, 1.807) is 6.07 Å². The normalized spacial score (nSPS) is 17.9. The zero-order valence-electron chi connectivity index (χ0n) is 10.3. The Labute approximate surface area is 112 Å². The Morgan fingerprint density at radius 3 is 2.95 bits per heavy atom. The lowest BCUT2D eigenvalue weighted by atomic mass is 10.2. The van der Waals surface area contributed by atoms with Crippen LogP contribution >= 0.6 is 0 Å². The first-order valence-corrected chi connectivity index (χ1v) is 5.98. The third-order valence-electron chi connectivity index (χ3n) is 3.02. The van der Waals surface area contributed by atoms with Crippen molar-refractivity contribution in [2.45, 2.75) is 12.8 Å². The van der Waals surface area contributed by atoms with Gasteiger partial charge in [-0.2, -0.15) is 4.39 Å². The molecule has 7 heteroatoms. The van der Waals surface area contributed by atoms with Crippen LogP contribution in [0.3, 0.4) is 0 Å². The number of para-hydroxylation sites is 1. The van der Waals surface area contributed by atoms with Gasteiger partial charge in [0.25, 0.3) is 5.56 Å². The molecule has 1 aromatic heterocycles. The summed E-state index contributed by atoms with van der Waals surface area (Å²) < 4.78 is 25.3. The molecule has 0 saturated carbocycles. The predicted molar refractivity (Wildman–Crippen MR) is 67.0 cm³/mol. The maximum atomic E-state index is 13.3. The molecule has 1 aromatic carbocycles. The molecule has 0 spiro atoms. The minimum absolute atomic E-state index is 0.0441. The standard InChI is InChI=1S/C13H11FN2O4/c14-9-5-16(13(18)15-12(9)17)11-7-19-10-4-2-1-3-8(10)6-20-11/h1-5,11H,6-7H2,(H,15,17,18). The molecular formula is C13H11FN2O4. The molecule has 0 aliphatic carbocycles. The number of benzene rings is 1. The van der Waals surface area contributed by atoms with Gasteiger partial charge in [0.05, 0.1) is 12.8 Å². The number of fused-ring (bicyclic) bond motifs is 1. The van der Waals surface area contributed by atoms with Crippen molar-refractivity contribution in [3.63, 3.8) is 0 Å². The number of rotatable bonds is 1. The summed E-state index contributed by atoms with van der Waals surface area (Å²) >= 11 is 0. The van der Waals surface area contributed by atoms with Crippen molar-refractivity contribution in [3.8, 4) is 5.75 Å². The van der Waals surface area contributed by atoms with Crippen LogP contribution in [0.5, 0.6) is 5.75 Å². The van der Waals surface area contributed by atoms with Gasteiger partial charge in [-0.1, -0.05) is 18.2 Å². The zero-order chi connectivity index (χ0) is 14.1. The molecule has 3 rings (SSSR count). The molecule has 1 aliphatic rings. The molecule has 6 nitrogen and oxygen atoms in total. The van der Waals surface area contributed by atoms with Gasteiger partial charge in [0.15, 0.2) is 6.23 Å². The second kappa shape index (κ2) is 4.93. The van der Waals surface area contributed by atoms with E-state index in [4.69, 9.17) is 9.47 Å². The van der Waals surface area contributed by atoms with Gasteiger partial charge in [0, 0.05) is 5.56 Å². The first-order chi connectivity index (χ1) is 9.65. The lowest BCUT2D eigenvalue weighted by Crippen LogP contribution is -2.36. The summed E-state index contributed by atoms with van der Waals surface area (Å²) in [5.41, 5.74) is -0.951. The number of aromatic amines is 1. The van der Waals surface area contributed by atoms with Gasteiger partial charge in [0.1, 0.15) is 12.4 Å². The summed E-state index contributed by atoms with van der Waals surface area (Å²) in [6, 6.07) is 7.30. The van der Waals surface area contributed by atoms with Crippen LogP contribution in [-0.4, -0.2) is 16.2 Å². The number of ether oxygens (including phenoxy) is 2. The summed E-state index contributed by atoms with van der Waals surface area (Å²) in [5.74, 6) is -0.386. The fourth-order valence-corrected chi connectivity index (χ4v) is 1.99. The van der Waals surface area contributed by atoms with Crippen molar-refractivity contribution in [2.75, 3.05) is 6.61 Å². The van der Waals surface area contributed by atoms with Crippen LogP contribution in [0.25, 0.3) is 0 Å². The maximum Gasteiger partial charge on any atom is 0.330 e. The first kappa shape index (κ1) is 12.6. The Kier molecular flexibility index (Phi) is 3.11. The van der Waals surface area contributed by atoms with E-state index in [0.717, 1.165) is 16.3 Å². The van der Waals surface area contributed by atoms with E-state index >= 15 is 0 Å². The largest absolute Gasteiger partial charge is 0.488 e. The van der Waals surface area contributed by atoms with Gasteiger partial charge < -0.3 is 9.47 Å². The van der Waals surface area contributed by atoms with Crippen molar-refractivity contribution in [3.05, 3.63) is 62.7 Å². The van der Waals surface area contributed by atoms with Crippen LogP contribution < -0.4 is 16.0 Å². The van der Waals surface area contributed by atoms with Crippen LogP contribution in [0.1, 0.15) is 11.8 Å². The van der Waals surface area contributed by atoms with Gasteiger partial charge >= 0.3 is 5.69 Å². The molecule has 0 fully saturated rings. The smallest absolute Gasteiger partial charge is 0.330 e. The van der Waals surface area contributed by atoms with Gasteiger partial charge in [-0.3, -0.25) is 14.3 Å². The Balaban J connectivity index is 1.93. The lowest BCUT2D eigenvalue weighted by Gasteiger charge is -2.16. The second-order valence-corrected chi connectivity index (χ2v) is 4.33. The summed E-state index contributed by atoms with van der Waals surface area (Å²) in [7, 11) is 0. The van der Waals surface area contributed by atoms with E-state index in [-0.39, 0.29) is 13.2 Å². The number of nitrogens with zero attached hydrogens (tertiary/aromatic N) is 1. The highest BCUT2D eigenvalue weighted by molar-refractivity contribution is 5.33. The Hall–Kier alpha value is -2.41. The molecule has 1 aliphatic heterocycles. The molecule has 0 bridgehead atoms. The predicted octanol–water partition coefficient (Wildman–Crippen LogP) is 0.783. The number of hydrogen-bond donors (Lipinski definition) is 1. The number of H-pyrrole nitrogens is 1.